The summed E-state index contributed by atoms with van der Waals surface area (Å²) in [5.74, 6) is -2.74. The monoisotopic (exact) mass is 360 g/mol. The molecule has 0 aromatic heterocycles. The first-order valence-corrected chi connectivity index (χ1v) is 4.34. The van der Waals surface area contributed by atoms with Crippen LogP contribution in [0.15, 0.2) is 29.8 Å². The molecule has 0 radical (unpaired) electrons. The molecule has 3 heteroatoms. The van der Waals surface area contributed by atoms with Crippen LogP contribution in [0.4, 0.5) is 8.78 Å². The smallest absolute Gasteiger partial charge is 0.196 e. The number of halogens is 2. The Morgan fingerprint density at radius 1 is 1.21 bits per heavy atom. The third kappa shape index (κ3) is 1.62. The van der Waals surface area contributed by atoms with Gasteiger partial charge in [-0.25, -0.2) is 0 Å². The quantitative estimate of drug-likeness (QED) is 0.673. The molecule has 14 heavy (non-hydrogen) atoms. The Kier molecular flexibility index (Phi) is 3.40. The Labute approximate surface area is 101 Å². The molecule has 1 aliphatic carbocycles. The number of rotatable bonds is 1. The zero-order valence-electron chi connectivity index (χ0n) is 7.85. The van der Waals surface area contributed by atoms with Crippen LogP contribution in [0, 0.1) is 0 Å². The van der Waals surface area contributed by atoms with Crippen molar-refractivity contribution in [2.75, 3.05) is 0 Å². The van der Waals surface area contributed by atoms with E-state index in [9.17, 15) is 8.78 Å². The van der Waals surface area contributed by atoms with E-state index < -0.39 is 5.92 Å². The molecule has 0 saturated carbocycles. The van der Waals surface area contributed by atoms with Gasteiger partial charge in [-0.3, -0.25) is 0 Å². The van der Waals surface area contributed by atoms with E-state index in [1.807, 2.05) is 0 Å². The standard InChI is InChI=1S/C11H10F2.Hf/c1-2-9-7-8-5-3-4-6-10(8)11(9,12)13;/h3-7H,2H2,1H3;. The SMILES string of the molecule is CCC1=Cc2ccccc2C1(F)F.[Hf]. The van der Waals surface area contributed by atoms with E-state index in [2.05, 4.69) is 0 Å². The Morgan fingerprint density at radius 2 is 1.86 bits per heavy atom. The number of hydrogen-bond acceptors (Lipinski definition) is 0. The van der Waals surface area contributed by atoms with Crippen LogP contribution in [0.25, 0.3) is 6.08 Å². The minimum absolute atomic E-state index is 0. The van der Waals surface area contributed by atoms with Gasteiger partial charge >= 0.3 is 0 Å². The average Bonchev–Trinajstić information content (AvgIpc) is 2.39. The molecule has 2 rings (SSSR count). The molecule has 0 saturated heterocycles. The molecule has 0 heterocycles. The molecular formula is C11H10F2Hf. The van der Waals surface area contributed by atoms with Crippen molar-refractivity contribution in [2.45, 2.75) is 19.3 Å². The fourth-order valence-electron chi connectivity index (χ4n) is 1.68. The van der Waals surface area contributed by atoms with Crippen molar-refractivity contribution in [2.24, 2.45) is 0 Å². The third-order valence-corrected chi connectivity index (χ3v) is 2.41. The molecule has 0 N–H and O–H groups in total. The molecule has 1 aromatic carbocycles. The number of alkyl halides is 2. The third-order valence-electron chi connectivity index (χ3n) is 2.41. The van der Waals surface area contributed by atoms with E-state index in [0.29, 0.717) is 12.0 Å². The first-order valence-electron chi connectivity index (χ1n) is 4.34. The van der Waals surface area contributed by atoms with Gasteiger partial charge in [-0.15, -0.1) is 0 Å². The fraction of sp³-hybridized carbons (Fsp3) is 0.273. The van der Waals surface area contributed by atoms with Crippen molar-refractivity contribution in [3.63, 3.8) is 0 Å². The van der Waals surface area contributed by atoms with Gasteiger partial charge in [0.05, 0.1) is 0 Å². The van der Waals surface area contributed by atoms with E-state index in [-0.39, 0.29) is 37.0 Å². The summed E-state index contributed by atoms with van der Waals surface area (Å²) < 4.78 is 27.1. The van der Waals surface area contributed by atoms with Gasteiger partial charge in [-0.2, -0.15) is 8.78 Å². The van der Waals surface area contributed by atoms with E-state index in [1.165, 1.54) is 6.07 Å². The minimum Gasteiger partial charge on any atom is -0.196 e. The molecule has 0 amide bonds. The molecule has 0 atom stereocenters. The van der Waals surface area contributed by atoms with Gasteiger partial charge in [0.2, 0.25) is 0 Å². The van der Waals surface area contributed by atoms with E-state index in [4.69, 9.17) is 0 Å². The number of hydrogen-bond donors (Lipinski definition) is 0. The Balaban J connectivity index is 0.000000980. The van der Waals surface area contributed by atoms with Crippen LogP contribution in [0.5, 0.6) is 0 Å². The topological polar surface area (TPSA) is 0 Å². The molecule has 72 valence electrons. The molecule has 0 spiro atoms. The van der Waals surface area contributed by atoms with E-state index in [0.717, 1.165) is 0 Å². The zero-order valence-corrected chi connectivity index (χ0v) is 11.4. The average molecular weight is 359 g/mol. The zero-order chi connectivity index (χ0) is 9.47. The van der Waals surface area contributed by atoms with Crippen LogP contribution in [0.3, 0.4) is 0 Å². The minimum atomic E-state index is -2.74. The molecule has 0 unspecified atom stereocenters. The van der Waals surface area contributed by atoms with Crippen LogP contribution in [0.2, 0.25) is 0 Å². The van der Waals surface area contributed by atoms with E-state index >= 15 is 0 Å². The molecular weight excluding hydrogens is 349 g/mol. The second-order valence-corrected chi connectivity index (χ2v) is 3.18. The largest absolute Gasteiger partial charge is 0.295 e. The van der Waals surface area contributed by atoms with Gasteiger partial charge in [-0.05, 0) is 18.1 Å². The second-order valence-electron chi connectivity index (χ2n) is 3.18. The normalized spacial score (nSPS) is 16.9. The van der Waals surface area contributed by atoms with Gasteiger partial charge in [0.15, 0.2) is 0 Å². The van der Waals surface area contributed by atoms with Crippen LogP contribution < -0.4 is 0 Å². The first kappa shape index (κ1) is 11.8. The van der Waals surface area contributed by atoms with Crippen LogP contribution >= 0.6 is 0 Å². The second kappa shape index (κ2) is 4.05. The predicted molar refractivity (Wildman–Crippen MR) is 48.6 cm³/mol. The van der Waals surface area contributed by atoms with Gasteiger partial charge in [0, 0.05) is 37.0 Å². The Bertz CT molecular complexity index is 369. The fourth-order valence-corrected chi connectivity index (χ4v) is 1.68. The van der Waals surface area contributed by atoms with Crippen molar-refractivity contribution in [1.82, 2.24) is 0 Å². The van der Waals surface area contributed by atoms with Crippen molar-refractivity contribution in [3.05, 3.63) is 41.0 Å². The van der Waals surface area contributed by atoms with Crippen molar-refractivity contribution >= 4 is 6.08 Å². The van der Waals surface area contributed by atoms with Crippen LogP contribution in [0.1, 0.15) is 24.5 Å². The van der Waals surface area contributed by atoms with Gasteiger partial charge in [-0.1, -0.05) is 31.2 Å². The summed E-state index contributed by atoms with van der Waals surface area (Å²) in [4.78, 5) is 0. The van der Waals surface area contributed by atoms with Crippen molar-refractivity contribution in [1.29, 1.82) is 0 Å². The molecule has 0 aliphatic heterocycles. The summed E-state index contributed by atoms with van der Waals surface area (Å²) in [6.45, 7) is 1.76. The summed E-state index contributed by atoms with van der Waals surface area (Å²) >= 11 is 0. The van der Waals surface area contributed by atoms with Crippen LogP contribution in [-0.4, -0.2) is 0 Å². The first-order chi connectivity index (χ1) is 6.16. The maximum absolute atomic E-state index is 13.5. The summed E-state index contributed by atoms with van der Waals surface area (Å²) in [6, 6.07) is 6.66. The van der Waals surface area contributed by atoms with Gasteiger partial charge in [0.25, 0.3) is 5.92 Å². The molecule has 0 nitrogen and oxygen atoms in total. The summed E-state index contributed by atoms with van der Waals surface area (Å²) in [7, 11) is 0. The van der Waals surface area contributed by atoms with Gasteiger partial charge in [0.1, 0.15) is 0 Å². The summed E-state index contributed by atoms with van der Waals surface area (Å²) in [5.41, 5.74) is 1.02. The van der Waals surface area contributed by atoms with Crippen molar-refractivity contribution in [3.8, 4) is 0 Å². The summed E-state index contributed by atoms with van der Waals surface area (Å²) in [5, 5.41) is 0. The number of allylic oxidation sites excluding steroid dienone is 1. The maximum Gasteiger partial charge on any atom is 0.295 e. The molecule has 0 bridgehead atoms. The molecule has 1 aromatic rings. The Morgan fingerprint density at radius 3 is 2.43 bits per heavy atom. The number of benzene rings is 1. The number of fused-ring (bicyclic) bond motifs is 1. The van der Waals surface area contributed by atoms with Crippen LogP contribution in [-0.2, 0) is 31.8 Å². The maximum atomic E-state index is 13.5. The van der Waals surface area contributed by atoms with Crippen molar-refractivity contribution < 1.29 is 34.6 Å². The summed E-state index contributed by atoms with van der Waals surface area (Å²) in [6.07, 6.45) is 2.00. The Hall–Kier alpha value is -0.310. The predicted octanol–water partition coefficient (Wildman–Crippen LogP) is 3.58. The molecule has 1 aliphatic rings. The van der Waals surface area contributed by atoms with E-state index in [1.54, 1.807) is 31.2 Å². The van der Waals surface area contributed by atoms with Gasteiger partial charge < -0.3 is 0 Å². The molecule has 0 fully saturated rings.